The molecule has 0 aliphatic carbocycles. The van der Waals surface area contributed by atoms with Crippen LogP contribution in [-0.4, -0.2) is 48.4 Å². The zero-order valence-electron chi connectivity index (χ0n) is 11.0. The van der Waals surface area contributed by atoms with Crippen LogP contribution >= 0.6 is 0 Å². The molecule has 3 nitrogen and oxygen atoms in total. The second-order valence-corrected chi connectivity index (χ2v) is 4.76. The van der Waals surface area contributed by atoms with Gasteiger partial charge in [-0.25, -0.2) is 8.78 Å². The average molecular weight is 268 g/mol. The molecule has 0 bridgehead atoms. The number of carbonyl (C=O) groups is 1. The Balaban J connectivity index is 1.99. The Kier molecular flexibility index (Phi) is 4.47. The maximum Gasteiger partial charge on any atom is 0.254 e. The third-order valence-corrected chi connectivity index (χ3v) is 3.37. The van der Waals surface area contributed by atoms with E-state index in [1.807, 2.05) is 0 Å². The van der Waals surface area contributed by atoms with Gasteiger partial charge in [-0.2, -0.15) is 0 Å². The highest BCUT2D eigenvalue weighted by molar-refractivity contribution is 5.94. The molecule has 2 rings (SSSR count). The number of benzene rings is 1. The van der Waals surface area contributed by atoms with Crippen molar-refractivity contribution < 1.29 is 13.6 Å². The molecular weight excluding hydrogens is 250 g/mol. The number of carbonyl (C=O) groups excluding carboxylic acids is 1. The second kappa shape index (κ2) is 6.10. The largest absolute Gasteiger partial charge is 0.336 e. The summed E-state index contributed by atoms with van der Waals surface area (Å²) in [6.07, 6.45) is 1.09. The van der Waals surface area contributed by atoms with E-state index in [9.17, 15) is 13.6 Å². The van der Waals surface area contributed by atoms with Crippen molar-refractivity contribution in [2.75, 3.05) is 32.7 Å². The molecule has 1 aromatic rings. The Morgan fingerprint density at radius 3 is 2.42 bits per heavy atom. The normalized spacial score (nSPS) is 16.7. The SMILES string of the molecule is CCCN1CCN(C(=O)c2ccc(F)c(F)c2)CC1. The van der Waals surface area contributed by atoms with Crippen LogP contribution in [0.1, 0.15) is 23.7 Å². The summed E-state index contributed by atoms with van der Waals surface area (Å²) in [5.41, 5.74) is 0.211. The molecule has 1 aromatic carbocycles. The summed E-state index contributed by atoms with van der Waals surface area (Å²) >= 11 is 0. The molecule has 1 saturated heterocycles. The minimum absolute atomic E-state index is 0.211. The van der Waals surface area contributed by atoms with Gasteiger partial charge in [0.05, 0.1) is 0 Å². The smallest absolute Gasteiger partial charge is 0.254 e. The zero-order chi connectivity index (χ0) is 13.8. The van der Waals surface area contributed by atoms with Crippen molar-refractivity contribution in [2.24, 2.45) is 0 Å². The predicted octanol–water partition coefficient (Wildman–Crippen LogP) is 2.13. The van der Waals surface area contributed by atoms with Crippen LogP contribution in [0.2, 0.25) is 0 Å². The Hall–Kier alpha value is -1.49. The lowest BCUT2D eigenvalue weighted by Crippen LogP contribution is -2.48. The van der Waals surface area contributed by atoms with Crippen molar-refractivity contribution in [2.45, 2.75) is 13.3 Å². The van der Waals surface area contributed by atoms with Crippen molar-refractivity contribution in [3.8, 4) is 0 Å². The van der Waals surface area contributed by atoms with Crippen LogP contribution in [0.15, 0.2) is 18.2 Å². The summed E-state index contributed by atoms with van der Waals surface area (Å²) in [5.74, 6) is -2.13. The lowest BCUT2D eigenvalue weighted by molar-refractivity contribution is 0.0637. The summed E-state index contributed by atoms with van der Waals surface area (Å²) in [4.78, 5) is 16.1. The van der Waals surface area contributed by atoms with E-state index in [1.54, 1.807) is 4.90 Å². The highest BCUT2D eigenvalue weighted by atomic mass is 19.2. The van der Waals surface area contributed by atoms with Crippen LogP contribution in [-0.2, 0) is 0 Å². The highest BCUT2D eigenvalue weighted by Gasteiger charge is 2.22. The highest BCUT2D eigenvalue weighted by Crippen LogP contribution is 2.13. The molecule has 5 heteroatoms. The van der Waals surface area contributed by atoms with Gasteiger partial charge in [0, 0.05) is 31.7 Å². The van der Waals surface area contributed by atoms with Gasteiger partial charge in [0.2, 0.25) is 0 Å². The van der Waals surface area contributed by atoms with Gasteiger partial charge in [-0.15, -0.1) is 0 Å². The Labute approximate surface area is 111 Å². The van der Waals surface area contributed by atoms with E-state index in [2.05, 4.69) is 11.8 Å². The number of halogens is 2. The third-order valence-electron chi connectivity index (χ3n) is 3.37. The molecule has 0 N–H and O–H groups in total. The van der Waals surface area contributed by atoms with Crippen molar-refractivity contribution in [3.05, 3.63) is 35.4 Å². The fourth-order valence-electron chi connectivity index (χ4n) is 2.30. The van der Waals surface area contributed by atoms with Gasteiger partial charge in [-0.1, -0.05) is 6.92 Å². The lowest BCUT2D eigenvalue weighted by atomic mass is 10.1. The molecule has 1 amide bonds. The first kappa shape index (κ1) is 13.9. The maximum atomic E-state index is 13.1. The van der Waals surface area contributed by atoms with Gasteiger partial charge >= 0.3 is 0 Å². The van der Waals surface area contributed by atoms with Gasteiger partial charge in [0.15, 0.2) is 11.6 Å². The van der Waals surface area contributed by atoms with E-state index in [-0.39, 0.29) is 11.5 Å². The maximum absolute atomic E-state index is 13.1. The molecular formula is C14H18F2N2O. The standard InChI is InChI=1S/C14H18F2N2O/c1-2-5-17-6-8-18(9-7-17)14(19)11-3-4-12(15)13(16)10-11/h3-4,10H,2,5-9H2,1H3. The summed E-state index contributed by atoms with van der Waals surface area (Å²) < 4.78 is 25.9. The molecule has 0 aromatic heterocycles. The summed E-state index contributed by atoms with van der Waals surface area (Å²) in [7, 11) is 0. The van der Waals surface area contributed by atoms with Crippen molar-refractivity contribution in [1.82, 2.24) is 9.80 Å². The number of nitrogens with zero attached hydrogens (tertiary/aromatic N) is 2. The number of hydrogen-bond donors (Lipinski definition) is 0. The van der Waals surface area contributed by atoms with Crippen molar-refractivity contribution in [1.29, 1.82) is 0 Å². The van der Waals surface area contributed by atoms with E-state index < -0.39 is 11.6 Å². The molecule has 0 radical (unpaired) electrons. The van der Waals surface area contributed by atoms with Gasteiger partial charge in [-0.05, 0) is 31.2 Å². The summed E-state index contributed by atoms with van der Waals surface area (Å²) in [6, 6.07) is 3.30. The van der Waals surface area contributed by atoms with Gasteiger partial charge in [-0.3, -0.25) is 9.69 Å². The fourth-order valence-corrected chi connectivity index (χ4v) is 2.30. The topological polar surface area (TPSA) is 23.6 Å². The zero-order valence-corrected chi connectivity index (χ0v) is 11.0. The second-order valence-electron chi connectivity index (χ2n) is 4.76. The molecule has 0 unspecified atom stereocenters. The molecule has 1 aliphatic heterocycles. The van der Waals surface area contributed by atoms with Crippen LogP contribution in [0.3, 0.4) is 0 Å². The first-order valence-corrected chi connectivity index (χ1v) is 6.58. The fraction of sp³-hybridized carbons (Fsp3) is 0.500. The van der Waals surface area contributed by atoms with E-state index >= 15 is 0 Å². The molecule has 0 atom stereocenters. The lowest BCUT2D eigenvalue weighted by Gasteiger charge is -2.34. The average Bonchev–Trinajstić information content (AvgIpc) is 2.42. The van der Waals surface area contributed by atoms with Gasteiger partial charge in [0.1, 0.15) is 0 Å². The molecule has 1 heterocycles. The number of rotatable bonds is 3. The quantitative estimate of drug-likeness (QED) is 0.838. The summed E-state index contributed by atoms with van der Waals surface area (Å²) in [6.45, 7) is 6.11. The minimum Gasteiger partial charge on any atom is -0.336 e. The van der Waals surface area contributed by atoms with E-state index in [0.29, 0.717) is 13.1 Å². The molecule has 1 aliphatic rings. The van der Waals surface area contributed by atoms with Gasteiger partial charge < -0.3 is 4.90 Å². The van der Waals surface area contributed by atoms with Crippen molar-refractivity contribution in [3.63, 3.8) is 0 Å². The van der Waals surface area contributed by atoms with Crippen LogP contribution in [0, 0.1) is 11.6 Å². The first-order chi connectivity index (χ1) is 9.11. The van der Waals surface area contributed by atoms with Crippen LogP contribution in [0.25, 0.3) is 0 Å². The van der Waals surface area contributed by atoms with Gasteiger partial charge in [0.25, 0.3) is 5.91 Å². The minimum atomic E-state index is -0.976. The Morgan fingerprint density at radius 2 is 1.84 bits per heavy atom. The van der Waals surface area contributed by atoms with E-state index in [0.717, 1.165) is 38.2 Å². The molecule has 104 valence electrons. The molecule has 19 heavy (non-hydrogen) atoms. The van der Waals surface area contributed by atoms with Crippen molar-refractivity contribution >= 4 is 5.91 Å². The monoisotopic (exact) mass is 268 g/mol. The van der Waals surface area contributed by atoms with Crippen LogP contribution in [0.4, 0.5) is 8.78 Å². The Morgan fingerprint density at radius 1 is 1.16 bits per heavy atom. The van der Waals surface area contributed by atoms with E-state index in [1.165, 1.54) is 6.07 Å². The third kappa shape index (κ3) is 3.29. The number of hydrogen-bond acceptors (Lipinski definition) is 2. The number of amides is 1. The van der Waals surface area contributed by atoms with E-state index in [4.69, 9.17) is 0 Å². The van der Waals surface area contributed by atoms with Crippen LogP contribution < -0.4 is 0 Å². The molecule has 0 saturated carbocycles. The molecule has 0 spiro atoms. The molecule has 1 fully saturated rings. The Bertz CT molecular complexity index is 457. The van der Waals surface area contributed by atoms with Crippen LogP contribution in [0.5, 0.6) is 0 Å². The summed E-state index contributed by atoms with van der Waals surface area (Å²) in [5, 5.41) is 0. The predicted molar refractivity (Wildman–Crippen MR) is 69.0 cm³/mol. The number of piperazine rings is 1. The first-order valence-electron chi connectivity index (χ1n) is 6.58.